The lowest BCUT2D eigenvalue weighted by Crippen LogP contribution is -2.35. The number of carbonyl (C=O) groups excluding carboxylic acids is 3. The molecule has 1 aliphatic carbocycles. The fraction of sp³-hybridized carbons (Fsp3) is 0.381. The minimum atomic E-state index is -1.13. The average Bonchev–Trinajstić information content (AvgIpc) is 3.24. The molecule has 146 valence electrons. The van der Waals surface area contributed by atoms with Crippen molar-refractivity contribution in [2.75, 3.05) is 33.4 Å². The van der Waals surface area contributed by atoms with Gasteiger partial charge in [0.05, 0.1) is 5.57 Å². The van der Waals surface area contributed by atoms with Crippen molar-refractivity contribution in [2.24, 2.45) is 0 Å². The van der Waals surface area contributed by atoms with Gasteiger partial charge in [-0.25, -0.2) is 4.79 Å². The molecule has 1 atom stereocenters. The second-order valence-electron chi connectivity index (χ2n) is 6.91. The Balaban J connectivity index is 1.56. The van der Waals surface area contributed by atoms with Crippen molar-refractivity contribution in [2.45, 2.75) is 19.1 Å². The fourth-order valence-electron chi connectivity index (χ4n) is 3.75. The fourth-order valence-corrected chi connectivity index (χ4v) is 3.75. The third-order valence-electron chi connectivity index (χ3n) is 5.20. The van der Waals surface area contributed by atoms with Crippen molar-refractivity contribution in [3.05, 3.63) is 58.4 Å². The molecule has 0 spiro atoms. The van der Waals surface area contributed by atoms with Crippen LogP contribution in [-0.2, 0) is 19.0 Å². The smallest absolute Gasteiger partial charge is 0.373 e. The molecule has 0 amide bonds. The van der Waals surface area contributed by atoms with Gasteiger partial charge < -0.3 is 14.2 Å². The lowest BCUT2D eigenvalue weighted by molar-refractivity contribution is -0.150. The first-order valence-corrected chi connectivity index (χ1v) is 9.33. The van der Waals surface area contributed by atoms with Crippen molar-refractivity contribution in [1.82, 2.24) is 4.90 Å². The maximum atomic E-state index is 12.9. The van der Waals surface area contributed by atoms with E-state index in [-0.39, 0.29) is 35.1 Å². The summed E-state index contributed by atoms with van der Waals surface area (Å²) >= 11 is 0. The highest BCUT2D eigenvalue weighted by molar-refractivity contribution is 6.28. The number of rotatable bonds is 5. The number of likely N-dealkylation sites (tertiary alicyclic amines) is 1. The number of ketones is 2. The Labute approximate surface area is 162 Å². The molecule has 3 aliphatic rings. The quantitative estimate of drug-likeness (QED) is 0.718. The van der Waals surface area contributed by atoms with Crippen molar-refractivity contribution in [1.29, 1.82) is 0 Å². The summed E-state index contributed by atoms with van der Waals surface area (Å²) in [6.07, 6.45) is 2.48. The summed E-state index contributed by atoms with van der Waals surface area (Å²) in [5.41, 5.74) is 0.844. The van der Waals surface area contributed by atoms with Gasteiger partial charge in [-0.1, -0.05) is 24.3 Å². The van der Waals surface area contributed by atoms with E-state index in [1.165, 1.54) is 13.2 Å². The van der Waals surface area contributed by atoms with Gasteiger partial charge in [-0.3, -0.25) is 14.5 Å². The molecule has 1 fully saturated rings. The molecule has 7 heteroatoms. The lowest BCUT2D eigenvalue weighted by Gasteiger charge is -2.29. The van der Waals surface area contributed by atoms with E-state index >= 15 is 0 Å². The van der Waals surface area contributed by atoms with Crippen molar-refractivity contribution in [3.63, 3.8) is 0 Å². The van der Waals surface area contributed by atoms with Gasteiger partial charge in [0.25, 0.3) is 0 Å². The molecule has 0 aromatic heterocycles. The molecule has 0 N–H and O–H groups in total. The van der Waals surface area contributed by atoms with Crippen LogP contribution in [0.5, 0.6) is 0 Å². The van der Waals surface area contributed by atoms with E-state index in [0.29, 0.717) is 17.7 Å². The van der Waals surface area contributed by atoms with Crippen LogP contribution in [0, 0.1) is 0 Å². The van der Waals surface area contributed by atoms with E-state index in [0.717, 1.165) is 25.9 Å². The summed E-state index contributed by atoms with van der Waals surface area (Å²) in [6, 6.07) is 6.58. The lowest BCUT2D eigenvalue weighted by atomic mass is 9.82. The van der Waals surface area contributed by atoms with Crippen LogP contribution in [0.3, 0.4) is 0 Å². The highest BCUT2D eigenvalue weighted by atomic mass is 16.7. The molecule has 0 saturated carbocycles. The molecule has 0 bridgehead atoms. The SMILES string of the molecule is COC1OC(C(=O)OCCN2CCCC2)=CC2=C1C(=O)c1ccccc1C2=O. The minimum Gasteiger partial charge on any atom is -0.458 e. The summed E-state index contributed by atoms with van der Waals surface area (Å²) in [5, 5.41) is 0. The second-order valence-corrected chi connectivity index (χ2v) is 6.91. The van der Waals surface area contributed by atoms with E-state index < -0.39 is 12.3 Å². The zero-order valence-electron chi connectivity index (χ0n) is 15.6. The van der Waals surface area contributed by atoms with Crippen LogP contribution < -0.4 is 0 Å². The molecule has 1 saturated heterocycles. The zero-order valence-corrected chi connectivity index (χ0v) is 15.6. The highest BCUT2D eigenvalue weighted by Gasteiger charge is 2.40. The van der Waals surface area contributed by atoms with Gasteiger partial charge >= 0.3 is 5.97 Å². The van der Waals surface area contributed by atoms with E-state index in [4.69, 9.17) is 14.2 Å². The minimum absolute atomic E-state index is 0.111. The zero-order chi connectivity index (χ0) is 19.7. The number of hydrogen-bond donors (Lipinski definition) is 0. The Morgan fingerprint density at radius 1 is 1.14 bits per heavy atom. The average molecular weight is 383 g/mol. The number of hydrogen-bond acceptors (Lipinski definition) is 7. The molecule has 0 radical (unpaired) electrons. The summed E-state index contributed by atoms with van der Waals surface area (Å²) in [7, 11) is 1.36. The van der Waals surface area contributed by atoms with Gasteiger partial charge in [-0.2, -0.15) is 0 Å². The molecule has 4 rings (SSSR count). The topological polar surface area (TPSA) is 82.1 Å². The summed E-state index contributed by atoms with van der Waals surface area (Å²) in [6.45, 7) is 2.91. The Hall–Kier alpha value is -2.77. The predicted molar refractivity (Wildman–Crippen MR) is 98.7 cm³/mol. The number of fused-ring (bicyclic) bond motifs is 1. The van der Waals surface area contributed by atoms with Gasteiger partial charge in [0.15, 0.2) is 11.6 Å². The number of nitrogens with zero attached hydrogens (tertiary/aromatic N) is 1. The van der Waals surface area contributed by atoms with E-state index in [1.807, 2.05) is 0 Å². The molecule has 28 heavy (non-hydrogen) atoms. The molecular formula is C21H21NO6. The van der Waals surface area contributed by atoms with E-state index in [9.17, 15) is 14.4 Å². The Morgan fingerprint density at radius 3 is 2.50 bits per heavy atom. The van der Waals surface area contributed by atoms with Crippen molar-refractivity contribution in [3.8, 4) is 0 Å². The number of carbonyl (C=O) groups is 3. The number of benzene rings is 1. The van der Waals surface area contributed by atoms with Gasteiger partial charge in [-0.05, 0) is 32.0 Å². The standard InChI is InChI=1S/C21H21NO6/c1-26-21-17-15(18(23)13-6-2-3-7-14(13)19(17)24)12-16(28-21)20(25)27-11-10-22-8-4-5-9-22/h2-3,6-7,12,21H,4-5,8-11H2,1H3. The summed E-state index contributed by atoms with van der Waals surface area (Å²) in [5.74, 6) is -1.48. The van der Waals surface area contributed by atoms with Crippen LogP contribution >= 0.6 is 0 Å². The van der Waals surface area contributed by atoms with Gasteiger partial charge in [0.2, 0.25) is 12.0 Å². The second kappa shape index (κ2) is 7.69. The molecule has 2 heterocycles. The molecule has 1 aromatic carbocycles. The van der Waals surface area contributed by atoms with Crippen molar-refractivity contribution < 1.29 is 28.6 Å². The predicted octanol–water partition coefficient (Wildman–Crippen LogP) is 1.89. The maximum absolute atomic E-state index is 12.9. The van der Waals surface area contributed by atoms with E-state index in [1.54, 1.807) is 24.3 Å². The van der Waals surface area contributed by atoms with Crippen LogP contribution in [0.4, 0.5) is 0 Å². The Kier molecular flexibility index (Phi) is 5.11. The van der Waals surface area contributed by atoms with Crippen LogP contribution in [0.2, 0.25) is 0 Å². The van der Waals surface area contributed by atoms with Crippen LogP contribution in [0.25, 0.3) is 0 Å². The third-order valence-corrected chi connectivity index (χ3v) is 5.20. The maximum Gasteiger partial charge on any atom is 0.373 e. The molecular weight excluding hydrogens is 362 g/mol. The normalized spacial score (nSPS) is 21.8. The summed E-state index contributed by atoms with van der Waals surface area (Å²) < 4.78 is 16.1. The number of Topliss-reactive ketones (excluding diaryl/α,β-unsaturated/α-hetero) is 2. The first-order valence-electron chi connectivity index (χ1n) is 9.33. The number of methoxy groups -OCH3 is 1. The van der Waals surface area contributed by atoms with Crippen LogP contribution in [-0.4, -0.2) is 62.1 Å². The number of allylic oxidation sites excluding steroid dienone is 2. The van der Waals surface area contributed by atoms with Gasteiger partial charge in [0, 0.05) is 30.4 Å². The molecule has 1 aromatic rings. The molecule has 1 unspecified atom stereocenters. The third kappa shape index (κ3) is 3.27. The van der Waals surface area contributed by atoms with Gasteiger partial charge in [-0.15, -0.1) is 0 Å². The van der Waals surface area contributed by atoms with Crippen LogP contribution in [0.1, 0.15) is 33.6 Å². The highest BCUT2D eigenvalue weighted by Crippen LogP contribution is 2.34. The van der Waals surface area contributed by atoms with Crippen molar-refractivity contribution >= 4 is 17.5 Å². The van der Waals surface area contributed by atoms with Gasteiger partial charge in [0.1, 0.15) is 6.61 Å². The molecule has 7 nitrogen and oxygen atoms in total. The first-order chi connectivity index (χ1) is 13.6. The molecule has 2 aliphatic heterocycles. The Bertz CT molecular complexity index is 894. The monoisotopic (exact) mass is 383 g/mol. The van der Waals surface area contributed by atoms with E-state index in [2.05, 4.69) is 4.90 Å². The van der Waals surface area contributed by atoms with Crippen LogP contribution in [0.15, 0.2) is 47.2 Å². The number of ether oxygens (including phenoxy) is 3. The number of esters is 1. The largest absolute Gasteiger partial charge is 0.458 e. The Morgan fingerprint density at radius 2 is 1.82 bits per heavy atom. The summed E-state index contributed by atoms with van der Waals surface area (Å²) in [4.78, 5) is 40.4. The first kappa shape index (κ1) is 18.6.